The predicted molar refractivity (Wildman–Crippen MR) is 95.1 cm³/mol. The van der Waals surface area contributed by atoms with Gasteiger partial charge in [-0.15, -0.1) is 0 Å². The number of sulfonamides is 1. The highest BCUT2D eigenvalue weighted by atomic mass is 32.2. The van der Waals surface area contributed by atoms with Crippen LogP contribution in [0, 0.1) is 10.1 Å². The van der Waals surface area contributed by atoms with Crippen molar-refractivity contribution in [2.75, 3.05) is 11.4 Å². The number of nitrogens with one attached hydrogen (secondary N) is 1. The number of hydrogen-bond acceptors (Lipinski definition) is 7. The second-order valence-electron chi connectivity index (χ2n) is 5.41. The number of nitrogens with zero attached hydrogens (tertiary/aromatic N) is 2. The molecule has 0 spiro atoms. The van der Waals surface area contributed by atoms with E-state index in [9.17, 15) is 23.3 Å². The van der Waals surface area contributed by atoms with Crippen LogP contribution in [-0.4, -0.2) is 37.6 Å². The van der Waals surface area contributed by atoms with Crippen LogP contribution in [0.25, 0.3) is 0 Å². The Morgan fingerprint density at radius 1 is 1.26 bits per heavy atom. The molecule has 0 unspecified atom stereocenters. The first kappa shape index (κ1) is 20.1. The van der Waals surface area contributed by atoms with Gasteiger partial charge >= 0.3 is 0 Å². The van der Waals surface area contributed by atoms with Crippen LogP contribution in [0.2, 0.25) is 0 Å². The summed E-state index contributed by atoms with van der Waals surface area (Å²) >= 11 is 0. The zero-order valence-electron chi connectivity index (χ0n) is 14.4. The molecule has 0 saturated heterocycles. The highest BCUT2D eigenvalue weighted by Crippen LogP contribution is 2.29. The van der Waals surface area contributed by atoms with Gasteiger partial charge in [-0.2, -0.15) is 0 Å². The van der Waals surface area contributed by atoms with Gasteiger partial charge in [-0.05, 0) is 37.3 Å². The first-order valence-corrected chi connectivity index (χ1v) is 9.03. The number of anilines is 1. The van der Waals surface area contributed by atoms with Gasteiger partial charge in [0.05, 0.1) is 22.6 Å². The van der Waals surface area contributed by atoms with Crippen molar-refractivity contribution in [3.8, 4) is 5.75 Å². The Bertz CT molecular complexity index is 945. The fourth-order valence-corrected chi connectivity index (χ4v) is 3.99. The van der Waals surface area contributed by atoms with Gasteiger partial charge in [0.25, 0.3) is 21.6 Å². The third kappa shape index (κ3) is 4.15. The highest BCUT2D eigenvalue weighted by Gasteiger charge is 2.34. The van der Waals surface area contributed by atoms with Crippen molar-refractivity contribution in [3.63, 3.8) is 0 Å². The summed E-state index contributed by atoms with van der Waals surface area (Å²) in [6.07, 6.45) is 0. The standard InChI is InChI=1S/C16H17N3O7S/c1-11(16(20)17-21)18(12-4-3-5-13(10-12)19(22)23)27(24,25)15-8-6-14(26-2)7-9-15/h3-11,21H,1-2H3,(H,17,20)/t11-/m0/s1. The topological polar surface area (TPSA) is 139 Å². The quantitative estimate of drug-likeness (QED) is 0.413. The van der Waals surface area contributed by atoms with Crippen LogP contribution in [0.15, 0.2) is 53.4 Å². The lowest BCUT2D eigenvalue weighted by atomic mass is 10.2. The summed E-state index contributed by atoms with van der Waals surface area (Å²) in [6, 6.07) is 8.86. The molecule has 144 valence electrons. The zero-order chi connectivity index (χ0) is 20.2. The molecule has 11 heteroatoms. The molecule has 10 nitrogen and oxygen atoms in total. The van der Waals surface area contributed by atoms with Crippen molar-refractivity contribution in [2.45, 2.75) is 17.9 Å². The van der Waals surface area contributed by atoms with Crippen LogP contribution < -0.4 is 14.5 Å². The van der Waals surface area contributed by atoms with E-state index in [4.69, 9.17) is 9.94 Å². The van der Waals surface area contributed by atoms with Gasteiger partial charge in [0.15, 0.2) is 0 Å². The minimum absolute atomic E-state index is 0.101. The van der Waals surface area contributed by atoms with E-state index in [-0.39, 0.29) is 16.3 Å². The average molecular weight is 395 g/mol. The van der Waals surface area contributed by atoms with Gasteiger partial charge in [-0.1, -0.05) is 6.07 Å². The number of nitro benzene ring substituents is 1. The molecule has 0 aliphatic rings. The summed E-state index contributed by atoms with van der Waals surface area (Å²) in [5, 5.41) is 19.9. The molecule has 27 heavy (non-hydrogen) atoms. The van der Waals surface area contributed by atoms with E-state index in [1.807, 2.05) is 0 Å². The lowest BCUT2D eigenvalue weighted by molar-refractivity contribution is -0.384. The van der Waals surface area contributed by atoms with Crippen molar-refractivity contribution in [1.82, 2.24) is 5.48 Å². The molecule has 0 saturated carbocycles. The molecule has 0 radical (unpaired) electrons. The summed E-state index contributed by atoms with van der Waals surface area (Å²) in [5.74, 6) is -0.574. The first-order valence-electron chi connectivity index (χ1n) is 7.59. The monoisotopic (exact) mass is 395 g/mol. The summed E-state index contributed by atoms with van der Waals surface area (Å²) in [5.41, 5.74) is 0.946. The van der Waals surface area contributed by atoms with E-state index >= 15 is 0 Å². The van der Waals surface area contributed by atoms with Crippen molar-refractivity contribution >= 4 is 27.3 Å². The van der Waals surface area contributed by atoms with Crippen LogP contribution >= 0.6 is 0 Å². The third-order valence-electron chi connectivity index (χ3n) is 3.75. The maximum atomic E-state index is 13.1. The first-order chi connectivity index (χ1) is 12.7. The molecule has 1 amide bonds. The van der Waals surface area contributed by atoms with Gasteiger partial charge in [-0.25, -0.2) is 13.9 Å². The van der Waals surface area contributed by atoms with E-state index in [2.05, 4.69) is 0 Å². The third-order valence-corrected chi connectivity index (χ3v) is 5.67. The normalized spacial score (nSPS) is 12.1. The number of ether oxygens (including phenoxy) is 1. The highest BCUT2D eigenvalue weighted by molar-refractivity contribution is 7.93. The Kier molecular flexibility index (Phi) is 5.98. The number of carbonyl (C=O) groups excluding carboxylic acids is 1. The Morgan fingerprint density at radius 3 is 2.41 bits per heavy atom. The number of nitro groups is 1. The van der Waals surface area contributed by atoms with Crippen LogP contribution in [0.4, 0.5) is 11.4 Å². The number of non-ortho nitro benzene ring substituents is 1. The molecule has 0 aliphatic carbocycles. The molecule has 2 N–H and O–H groups in total. The second-order valence-corrected chi connectivity index (χ2v) is 7.22. The maximum absolute atomic E-state index is 13.1. The van der Waals surface area contributed by atoms with Crippen LogP contribution in [0.1, 0.15) is 6.92 Å². The number of hydrogen-bond donors (Lipinski definition) is 2. The fourth-order valence-electron chi connectivity index (χ4n) is 2.38. The Morgan fingerprint density at radius 2 is 1.89 bits per heavy atom. The lowest BCUT2D eigenvalue weighted by Crippen LogP contribution is -2.47. The van der Waals surface area contributed by atoms with E-state index in [0.29, 0.717) is 10.1 Å². The molecular formula is C16H17N3O7S. The summed E-state index contributed by atoms with van der Waals surface area (Å²) in [4.78, 5) is 22.1. The predicted octanol–water partition coefficient (Wildman–Crippen LogP) is 1.69. The number of benzene rings is 2. The summed E-state index contributed by atoms with van der Waals surface area (Å²) in [7, 11) is -2.87. The summed E-state index contributed by atoms with van der Waals surface area (Å²) < 4.78 is 32.0. The molecule has 1 atom stereocenters. The van der Waals surface area contributed by atoms with Crippen molar-refractivity contribution in [2.24, 2.45) is 0 Å². The molecule has 0 aromatic heterocycles. The van der Waals surface area contributed by atoms with E-state index in [0.717, 1.165) is 6.07 Å². The molecule has 0 fully saturated rings. The van der Waals surface area contributed by atoms with Crippen LogP contribution in [-0.2, 0) is 14.8 Å². The molecule has 0 aliphatic heterocycles. The number of methoxy groups -OCH3 is 1. The summed E-state index contributed by atoms with van der Waals surface area (Å²) in [6.45, 7) is 1.24. The van der Waals surface area contributed by atoms with E-state index in [1.165, 1.54) is 62.0 Å². The van der Waals surface area contributed by atoms with Gasteiger partial charge in [0.1, 0.15) is 11.8 Å². The fraction of sp³-hybridized carbons (Fsp3) is 0.188. The minimum atomic E-state index is -4.29. The smallest absolute Gasteiger partial charge is 0.271 e. The molecule has 2 rings (SSSR count). The minimum Gasteiger partial charge on any atom is -0.497 e. The molecular weight excluding hydrogens is 378 g/mol. The SMILES string of the molecule is COc1ccc(S(=O)(=O)N(c2cccc([N+](=O)[O-])c2)[C@@H](C)C(=O)NO)cc1. The zero-order valence-corrected chi connectivity index (χ0v) is 15.2. The number of amides is 1. The molecule has 2 aromatic rings. The van der Waals surface area contributed by atoms with Gasteiger partial charge < -0.3 is 4.74 Å². The van der Waals surface area contributed by atoms with E-state index < -0.39 is 26.9 Å². The Hall–Kier alpha value is -3.18. The van der Waals surface area contributed by atoms with Gasteiger partial charge in [0.2, 0.25) is 0 Å². The largest absolute Gasteiger partial charge is 0.497 e. The molecule has 0 bridgehead atoms. The Balaban J connectivity index is 2.62. The number of carbonyl (C=O) groups is 1. The number of hydroxylamine groups is 1. The van der Waals surface area contributed by atoms with Crippen LogP contribution in [0.3, 0.4) is 0 Å². The maximum Gasteiger partial charge on any atom is 0.271 e. The Labute approximate surface area is 155 Å². The second kappa shape index (κ2) is 8.01. The van der Waals surface area contributed by atoms with Gasteiger partial charge in [0, 0.05) is 12.1 Å². The lowest BCUT2D eigenvalue weighted by Gasteiger charge is -2.29. The number of rotatable bonds is 7. The van der Waals surface area contributed by atoms with Crippen molar-refractivity contribution < 1.29 is 28.1 Å². The van der Waals surface area contributed by atoms with Crippen molar-refractivity contribution in [3.05, 3.63) is 58.6 Å². The van der Waals surface area contributed by atoms with Gasteiger partial charge in [-0.3, -0.25) is 24.4 Å². The van der Waals surface area contributed by atoms with Crippen LogP contribution in [0.5, 0.6) is 5.75 Å². The average Bonchev–Trinajstić information content (AvgIpc) is 2.67. The molecule has 0 heterocycles. The van der Waals surface area contributed by atoms with E-state index in [1.54, 1.807) is 0 Å². The van der Waals surface area contributed by atoms with Crippen molar-refractivity contribution in [1.29, 1.82) is 0 Å². The molecule has 2 aromatic carbocycles.